The number of rotatable bonds is 6. The fraction of sp³-hybridized carbons (Fsp3) is 0.182. The zero-order valence-electron chi connectivity index (χ0n) is 16.2. The van der Waals surface area contributed by atoms with Crippen LogP contribution in [0.5, 0.6) is 11.5 Å². The lowest BCUT2D eigenvalue weighted by Gasteiger charge is -2.18. The highest BCUT2D eigenvalue weighted by atomic mass is 32.2. The molecule has 1 amide bonds. The van der Waals surface area contributed by atoms with Crippen LogP contribution in [0.3, 0.4) is 0 Å². The lowest BCUT2D eigenvalue weighted by Crippen LogP contribution is -2.20. The molecule has 154 valence electrons. The van der Waals surface area contributed by atoms with E-state index in [0.717, 1.165) is 21.1 Å². The molecule has 0 atom stereocenters. The number of nitrogens with one attached hydrogen (secondary N) is 1. The van der Waals surface area contributed by atoms with Crippen molar-refractivity contribution < 1.29 is 23.8 Å². The summed E-state index contributed by atoms with van der Waals surface area (Å²) in [5.41, 5.74) is 1.58. The number of esters is 1. The first-order valence-corrected chi connectivity index (χ1v) is 11.3. The third-order valence-corrected chi connectivity index (χ3v) is 6.20. The van der Waals surface area contributed by atoms with E-state index in [2.05, 4.69) is 5.32 Å². The zero-order valence-corrected chi connectivity index (χ0v) is 17.8. The van der Waals surface area contributed by atoms with E-state index < -0.39 is 5.97 Å². The summed E-state index contributed by atoms with van der Waals surface area (Å²) in [6.45, 7) is 0.709. The van der Waals surface area contributed by atoms with Gasteiger partial charge in [-0.3, -0.25) is 4.79 Å². The SMILES string of the molecule is CSc1ccc(NC(=O)COC(=O)c2ccc(-c3ccc4c(c3)OCCO4)s2)cc1. The minimum Gasteiger partial charge on any atom is -0.486 e. The molecule has 0 aliphatic carbocycles. The molecule has 0 spiro atoms. The van der Waals surface area contributed by atoms with Crippen LogP contribution in [0.25, 0.3) is 10.4 Å². The minimum absolute atomic E-state index is 0.347. The molecule has 0 saturated heterocycles. The van der Waals surface area contributed by atoms with Crippen LogP contribution in [0, 0.1) is 0 Å². The molecule has 2 heterocycles. The van der Waals surface area contributed by atoms with Gasteiger partial charge < -0.3 is 19.5 Å². The second-order valence-corrected chi connectivity index (χ2v) is 8.34. The Hall–Kier alpha value is -2.97. The lowest BCUT2D eigenvalue weighted by atomic mass is 10.1. The standard InChI is InChI=1S/C22H19NO5S2/c1-29-16-5-3-15(4-6-16)23-21(24)13-28-22(25)20-9-8-19(30-20)14-2-7-17-18(12-14)27-11-10-26-17/h2-9,12H,10-11,13H2,1H3,(H,23,24). The summed E-state index contributed by atoms with van der Waals surface area (Å²) in [5, 5.41) is 2.71. The summed E-state index contributed by atoms with van der Waals surface area (Å²) in [6, 6.07) is 16.7. The van der Waals surface area contributed by atoms with E-state index >= 15 is 0 Å². The number of amides is 1. The average Bonchev–Trinajstić information content (AvgIpc) is 3.28. The summed E-state index contributed by atoms with van der Waals surface area (Å²) in [7, 11) is 0. The number of fused-ring (bicyclic) bond motifs is 1. The Morgan fingerprint density at radius 1 is 1.03 bits per heavy atom. The minimum atomic E-state index is -0.531. The summed E-state index contributed by atoms with van der Waals surface area (Å²) in [4.78, 5) is 26.8. The molecular weight excluding hydrogens is 422 g/mol. The van der Waals surface area contributed by atoms with Gasteiger partial charge in [0, 0.05) is 15.5 Å². The van der Waals surface area contributed by atoms with E-state index in [-0.39, 0.29) is 12.5 Å². The summed E-state index contributed by atoms with van der Waals surface area (Å²) in [5.74, 6) is 0.495. The van der Waals surface area contributed by atoms with Crippen LogP contribution in [-0.4, -0.2) is 38.0 Å². The average molecular weight is 442 g/mol. The van der Waals surface area contributed by atoms with Crippen molar-refractivity contribution in [3.63, 3.8) is 0 Å². The smallest absolute Gasteiger partial charge is 0.348 e. The third kappa shape index (κ3) is 4.77. The number of carbonyl (C=O) groups is 2. The van der Waals surface area contributed by atoms with Gasteiger partial charge in [0.15, 0.2) is 18.1 Å². The van der Waals surface area contributed by atoms with Gasteiger partial charge in [-0.2, -0.15) is 0 Å². The normalized spacial score (nSPS) is 12.3. The van der Waals surface area contributed by atoms with E-state index in [4.69, 9.17) is 14.2 Å². The van der Waals surface area contributed by atoms with Gasteiger partial charge in [0.05, 0.1) is 0 Å². The molecule has 0 unspecified atom stereocenters. The van der Waals surface area contributed by atoms with Crippen molar-refractivity contribution >= 4 is 40.7 Å². The van der Waals surface area contributed by atoms with Crippen molar-refractivity contribution in [1.29, 1.82) is 0 Å². The largest absolute Gasteiger partial charge is 0.486 e. The molecule has 4 rings (SSSR count). The number of ether oxygens (including phenoxy) is 3. The molecule has 2 aromatic carbocycles. The second-order valence-electron chi connectivity index (χ2n) is 6.38. The van der Waals surface area contributed by atoms with Gasteiger partial charge in [-0.05, 0) is 66.4 Å². The quantitative estimate of drug-likeness (QED) is 0.441. The van der Waals surface area contributed by atoms with E-state index in [1.807, 2.05) is 54.8 Å². The Kier molecular flexibility index (Phi) is 6.25. The predicted molar refractivity (Wildman–Crippen MR) is 118 cm³/mol. The molecule has 1 aromatic heterocycles. The number of anilines is 1. The van der Waals surface area contributed by atoms with Crippen LogP contribution in [0.1, 0.15) is 9.67 Å². The van der Waals surface area contributed by atoms with Crippen LogP contribution in [0.15, 0.2) is 59.5 Å². The molecule has 0 radical (unpaired) electrons. The van der Waals surface area contributed by atoms with Gasteiger partial charge in [0.2, 0.25) is 0 Å². The Morgan fingerprint density at radius 2 is 1.80 bits per heavy atom. The van der Waals surface area contributed by atoms with Gasteiger partial charge in [0.25, 0.3) is 5.91 Å². The van der Waals surface area contributed by atoms with Crippen molar-refractivity contribution in [2.75, 3.05) is 31.4 Å². The molecule has 0 bridgehead atoms. The van der Waals surface area contributed by atoms with Crippen molar-refractivity contribution in [2.45, 2.75) is 4.90 Å². The molecular formula is C22H19NO5S2. The Morgan fingerprint density at radius 3 is 2.57 bits per heavy atom. The van der Waals surface area contributed by atoms with E-state index in [1.54, 1.807) is 17.8 Å². The molecule has 30 heavy (non-hydrogen) atoms. The van der Waals surface area contributed by atoms with E-state index in [0.29, 0.717) is 29.5 Å². The van der Waals surface area contributed by atoms with Crippen molar-refractivity contribution in [1.82, 2.24) is 0 Å². The Bertz CT molecular complexity index is 1060. The number of hydrogen-bond acceptors (Lipinski definition) is 7. The monoisotopic (exact) mass is 441 g/mol. The zero-order chi connectivity index (χ0) is 20.9. The van der Waals surface area contributed by atoms with Crippen LogP contribution in [-0.2, 0) is 9.53 Å². The van der Waals surface area contributed by atoms with Crippen LogP contribution < -0.4 is 14.8 Å². The highest BCUT2D eigenvalue weighted by Crippen LogP contribution is 2.37. The summed E-state index contributed by atoms with van der Waals surface area (Å²) in [6.07, 6.45) is 1.98. The van der Waals surface area contributed by atoms with Crippen molar-refractivity contribution in [3.8, 4) is 21.9 Å². The first-order valence-electron chi connectivity index (χ1n) is 9.23. The third-order valence-electron chi connectivity index (χ3n) is 4.34. The molecule has 1 N–H and O–H groups in total. The maximum Gasteiger partial charge on any atom is 0.348 e. The molecule has 6 nitrogen and oxygen atoms in total. The molecule has 3 aromatic rings. The number of hydrogen-bond donors (Lipinski definition) is 1. The van der Waals surface area contributed by atoms with E-state index in [9.17, 15) is 9.59 Å². The predicted octanol–water partition coefficient (Wildman–Crippen LogP) is 4.70. The first-order chi connectivity index (χ1) is 14.6. The van der Waals surface area contributed by atoms with Crippen LogP contribution in [0.2, 0.25) is 0 Å². The molecule has 1 aliphatic heterocycles. The van der Waals surface area contributed by atoms with Gasteiger partial charge in [-0.1, -0.05) is 0 Å². The Balaban J connectivity index is 1.34. The van der Waals surface area contributed by atoms with Gasteiger partial charge in [0.1, 0.15) is 18.1 Å². The topological polar surface area (TPSA) is 73.9 Å². The number of benzene rings is 2. The van der Waals surface area contributed by atoms with Gasteiger partial charge in [-0.15, -0.1) is 23.1 Å². The number of carbonyl (C=O) groups excluding carboxylic acids is 2. The maximum atomic E-state index is 12.3. The first kappa shape index (κ1) is 20.3. The van der Waals surface area contributed by atoms with Gasteiger partial charge in [-0.25, -0.2) is 4.79 Å². The molecule has 8 heteroatoms. The number of thioether (sulfide) groups is 1. The molecule has 0 saturated carbocycles. The van der Waals surface area contributed by atoms with Crippen molar-refractivity contribution in [2.24, 2.45) is 0 Å². The fourth-order valence-electron chi connectivity index (χ4n) is 2.87. The highest BCUT2D eigenvalue weighted by molar-refractivity contribution is 7.98. The summed E-state index contributed by atoms with van der Waals surface area (Å²) < 4.78 is 16.3. The molecule has 0 fully saturated rings. The lowest BCUT2D eigenvalue weighted by molar-refractivity contribution is -0.119. The maximum absolute atomic E-state index is 12.3. The van der Waals surface area contributed by atoms with E-state index in [1.165, 1.54) is 11.3 Å². The Labute approximate surface area is 182 Å². The van der Waals surface area contributed by atoms with Crippen molar-refractivity contribution in [3.05, 3.63) is 59.5 Å². The van der Waals surface area contributed by atoms with Gasteiger partial charge >= 0.3 is 5.97 Å². The van der Waals surface area contributed by atoms with Crippen LogP contribution in [0.4, 0.5) is 5.69 Å². The number of thiophene rings is 1. The highest BCUT2D eigenvalue weighted by Gasteiger charge is 2.16. The summed E-state index contributed by atoms with van der Waals surface area (Å²) >= 11 is 2.92. The van der Waals surface area contributed by atoms with Crippen LogP contribution >= 0.6 is 23.1 Å². The second kappa shape index (κ2) is 9.23. The fourth-order valence-corrected chi connectivity index (χ4v) is 4.18. The molecule has 1 aliphatic rings.